The van der Waals surface area contributed by atoms with Gasteiger partial charge in [0, 0.05) is 4.47 Å². The van der Waals surface area contributed by atoms with Crippen molar-refractivity contribution in [2.75, 3.05) is 13.2 Å². The van der Waals surface area contributed by atoms with Crippen molar-refractivity contribution >= 4 is 15.9 Å². The Labute approximate surface area is 86.0 Å². The van der Waals surface area contributed by atoms with Crippen LogP contribution >= 0.6 is 15.9 Å². The molecule has 0 saturated carbocycles. The Morgan fingerprint density at radius 2 is 2.15 bits per heavy atom. The lowest BCUT2D eigenvalue weighted by Gasteiger charge is -2.26. The van der Waals surface area contributed by atoms with Crippen LogP contribution in [0.4, 0.5) is 0 Å². The van der Waals surface area contributed by atoms with Crippen LogP contribution in [0.25, 0.3) is 0 Å². The number of rotatable bonds is 3. The first-order valence-corrected chi connectivity index (χ1v) is 5.08. The summed E-state index contributed by atoms with van der Waals surface area (Å²) in [4.78, 5) is 0. The highest BCUT2D eigenvalue weighted by Gasteiger charge is 2.18. The van der Waals surface area contributed by atoms with Gasteiger partial charge in [-0.1, -0.05) is 34.1 Å². The van der Waals surface area contributed by atoms with Crippen molar-refractivity contribution in [3.8, 4) is 0 Å². The summed E-state index contributed by atoms with van der Waals surface area (Å²) in [6, 6.07) is 8.10. The topological polar surface area (TPSA) is 18.5 Å². The molecule has 1 aliphatic rings. The van der Waals surface area contributed by atoms with E-state index >= 15 is 0 Å². The summed E-state index contributed by atoms with van der Waals surface area (Å²) < 4.78 is 11.7. The summed E-state index contributed by atoms with van der Waals surface area (Å²) in [6.45, 7) is 2.14. The fourth-order valence-corrected chi connectivity index (χ4v) is 1.53. The van der Waals surface area contributed by atoms with E-state index in [9.17, 15) is 0 Å². The Kier molecular flexibility index (Phi) is 2.98. The summed E-state index contributed by atoms with van der Waals surface area (Å²) in [7, 11) is 0. The van der Waals surface area contributed by atoms with Crippen LogP contribution in [0.1, 0.15) is 5.56 Å². The molecular formula is C10H11BrO2. The second kappa shape index (κ2) is 4.22. The largest absolute Gasteiger partial charge is 0.376 e. The van der Waals surface area contributed by atoms with Gasteiger partial charge in [-0.15, -0.1) is 0 Å². The third-order valence-corrected chi connectivity index (χ3v) is 2.81. The van der Waals surface area contributed by atoms with E-state index in [0.717, 1.165) is 17.7 Å². The molecule has 0 N–H and O–H groups in total. The van der Waals surface area contributed by atoms with Crippen molar-refractivity contribution in [2.24, 2.45) is 0 Å². The molecule has 3 heteroatoms. The second-order valence-electron chi connectivity index (χ2n) is 3.06. The van der Waals surface area contributed by atoms with Gasteiger partial charge >= 0.3 is 0 Å². The monoisotopic (exact) mass is 242 g/mol. The lowest BCUT2D eigenvalue weighted by Crippen LogP contribution is -2.35. The summed E-state index contributed by atoms with van der Waals surface area (Å²) in [5, 5.41) is 0. The van der Waals surface area contributed by atoms with E-state index in [4.69, 9.17) is 9.47 Å². The highest BCUT2D eigenvalue weighted by Crippen LogP contribution is 2.18. The number of halogens is 1. The molecule has 0 atom stereocenters. The molecule has 2 nitrogen and oxygen atoms in total. The van der Waals surface area contributed by atoms with Crippen molar-refractivity contribution in [2.45, 2.75) is 12.7 Å². The normalized spacial score (nSPS) is 17.0. The molecule has 0 unspecified atom stereocenters. The smallest absolute Gasteiger partial charge is 0.105 e. The quantitative estimate of drug-likeness (QED) is 0.811. The molecule has 13 heavy (non-hydrogen) atoms. The van der Waals surface area contributed by atoms with Gasteiger partial charge in [0.25, 0.3) is 0 Å². The van der Waals surface area contributed by atoms with Crippen LogP contribution < -0.4 is 0 Å². The maximum Gasteiger partial charge on any atom is 0.105 e. The zero-order valence-corrected chi connectivity index (χ0v) is 8.79. The average molecular weight is 243 g/mol. The van der Waals surface area contributed by atoms with Gasteiger partial charge in [-0.2, -0.15) is 0 Å². The van der Waals surface area contributed by atoms with Crippen LogP contribution in [0.15, 0.2) is 28.7 Å². The third-order valence-electron chi connectivity index (χ3n) is 2.04. The summed E-state index contributed by atoms with van der Waals surface area (Å²) in [5.74, 6) is 0. The number of hydrogen-bond acceptors (Lipinski definition) is 2. The number of benzene rings is 1. The van der Waals surface area contributed by atoms with E-state index in [1.54, 1.807) is 0 Å². The van der Waals surface area contributed by atoms with Gasteiger partial charge in [-0.25, -0.2) is 0 Å². The van der Waals surface area contributed by atoms with Crippen molar-refractivity contribution < 1.29 is 9.47 Å². The van der Waals surface area contributed by atoms with Crippen LogP contribution in [0.3, 0.4) is 0 Å². The van der Waals surface area contributed by atoms with Crippen LogP contribution in [0.2, 0.25) is 0 Å². The van der Waals surface area contributed by atoms with Crippen LogP contribution in [-0.4, -0.2) is 19.3 Å². The molecule has 0 spiro atoms. The highest BCUT2D eigenvalue weighted by molar-refractivity contribution is 9.10. The van der Waals surface area contributed by atoms with Gasteiger partial charge in [0.2, 0.25) is 0 Å². The average Bonchev–Trinajstić information content (AvgIpc) is 2.05. The fraction of sp³-hybridized carbons (Fsp3) is 0.400. The molecule has 0 aliphatic carbocycles. The molecule has 1 fully saturated rings. The molecule has 0 bridgehead atoms. The lowest BCUT2D eigenvalue weighted by atomic mass is 10.2. The van der Waals surface area contributed by atoms with Crippen LogP contribution in [0, 0.1) is 0 Å². The maximum atomic E-state index is 5.59. The van der Waals surface area contributed by atoms with Crippen LogP contribution in [0.5, 0.6) is 0 Å². The molecule has 1 saturated heterocycles. The first-order chi connectivity index (χ1) is 6.36. The predicted molar refractivity (Wildman–Crippen MR) is 53.5 cm³/mol. The third kappa shape index (κ3) is 2.30. The fourth-order valence-electron chi connectivity index (χ4n) is 1.13. The van der Waals surface area contributed by atoms with Crippen molar-refractivity contribution in [1.29, 1.82) is 0 Å². The van der Waals surface area contributed by atoms with E-state index in [2.05, 4.69) is 22.0 Å². The zero-order valence-electron chi connectivity index (χ0n) is 7.20. The first-order valence-electron chi connectivity index (χ1n) is 4.29. The van der Waals surface area contributed by atoms with Crippen molar-refractivity contribution in [3.05, 3.63) is 34.3 Å². The lowest BCUT2D eigenvalue weighted by molar-refractivity contribution is -0.135. The Balaban J connectivity index is 1.89. The molecule has 0 amide bonds. The Morgan fingerprint density at radius 3 is 2.77 bits per heavy atom. The molecular weight excluding hydrogens is 232 g/mol. The van der Waals surface area contributed by atoms with E-state index in [1.807, 2.05) is 18.2 Å². The first kappa shape index (κ1) is 9.19. The van der Waals surface area contributed by atoms with E-state index < -0.39 is 0 Å². The molecule has 0 aromatic heterocycles. The Hall–Kier alpha value is -0.380. The van der Waals surface area contributed by atoms with Gasteiger partial charge < -0.3 is 9.47 Å². The van der Waals surface area contributed by atoms with E-state index in [-0.39, 0.29) is 0 Å². The molecule has 2 rings (SSSR count). The summed E-state index contributed by atoms with van der Waals surface area (Å²) >= 11 is 3.48. The number of ether oxygens (including phenoxy) is 2. The van der Waals surface area contributed by atoms with E-state index in [0.29, 0.717) is 12.7 Å². The maximum absolute atomic E-state index is 5.59. The van der Waals surface area contributed by atoms with Gasteiger partial charge in [0.05, 0.1) is 19.8 Å². The van der Waals surface area contributed by atoms with Crippen molar-refractivity contribution in [3.63, 3.8) is 0 Å². The summed E-state index contributed by atoms with van der Waals surface area (Å²) in [5.41, 5.74) is 1.19. The van der Waals surface area contributed by atoms with E-state index in [1.165, 1.54) is 5.56 Å². The van der Waals surface area contributed by atoms with Crippen LogP contribution in [-0.2, 0) is 16.1 Å². The number of hydrogen-bond donors (Lipinski definition) is 0. The standard InChI is InChI=1S/C10H11BrO2/c11-10-4-2-1-3-8(10)5-13-9-6-12-7-9/h1-4,9H,5-7H2. The molecule has 0 radical (unpaired) electrons. The highest BCUT2D eigenvalue weighted by atomic mass is 79.9. The Morgan fingerprint density at radius 1 is 1.38 bits per heavy atom. The van der Waals surface area contributed by atoms with Gasteiger partial charge in [-0.3, -0.25) is 0 Å². The minimum atomic E-state index is 0.298. The van der Waals surface area contributed by atoms with Crippen molar-refractivity contribution in [1.82, 2.24) is 0 Å². The minimum Gasteiger partial charge on any atom is -0.376 e. The molecule has 1 aromatic rings. The molecule has 1 aliphatic heterocycles. The zero-order chi connectivity index (χ0) is 9.10. The van der Waals surface area contributed by atoms with Gasteiger partial charge in [0.15, 0.2) is 0 Å². The molecule has 1 aromatic carbocycles. The Bertz CT molecular complexity index is 284. The minimum absolute atomic E-state index is 0.298. The molecule has 70 valence electrons. The van der Waals surface area contributed by atoms with Gasteiger partial charge in [0.1, 0.15) is 6.10 Å². The molecule has 1 heterocycles. The summed E-state index contributed by atoms with van der Waals surface area (Å²) in [6.07, 6.45) is 0.298. The SMILES string of the molecule is Brc1ccccc1COC1COC1. The van der Waals surface area contributed by atoms with Gasteiger partial charge in [-0.05, 0) is 11.6 Å². The second-order valence-corrected chi connectivity index (χ2v) is 3.92. The predicted octanol–water partition coefficient (Wildman–Crippen LogP) is 2.36.